The van der Waals surface area contributed by atoms with Gasteiger partial charge in [-0.1, -0.05) is 44.9 Å². The summed E-state index contributed by atoms with van der Waals surface area (Å²) in [6.07, 6.45) is 3.56. The van der Waals surface area contributed by atoms with E-state index in [1.807, 2.05) is 18.2 Å². The van der Waals surface area contributed by atoms with Gasteiger partial charge in [-0.25, -0.2) is 0 Å². The zero-order valence-corrected chi connectivity index (χ0v) is 10.5. The number of fused-ring (bicyclic) bond motifs is 1. The highest BCUT2D eigenvalue weighted by molar-refractivity contribution is 5.86. The molecule has 2 nitrogen and oxygen atoms in total. The summed E-state index contributed by atoms with van der Waals surface area (Å²) in [6.45, 7) is 4.42. The molecule has 2 rings (SSSR count). The lowest BCUT2D eigenvalue weighted by Crippen LogP contribution is -1.95. The van der Waals surface area contributed by atoms with Gasteiger partial charge in [0.25, 0.3) is 0 Å². The number of hydrogen-bond acceptors (Lipinski definition) is 1. The summed E-state index contributed by atoms with van der Waals surface area (Å²) in [6, 6.07) is 10.5. The highest BCUT2D eigenvalue weighted by atomic mass is 14.7. The summed E-state index contributed by atoms with van der Waals surface area (Å²) in [7, 11) is 0. The number of hydrogen-bond donors (Lipinski definition) is 1. The Morgan fingerprint density at radius 3 is 2.82 bits per heavy atom. The van der Waals surface area contributed by atoms with Crippen molar-refractivity contribution < 1.29 is 0 Å². The molecule has 88 valence electrons. The first kappa shape index (κ1) is 11.7. The van der Waals surface area contributed by atoms with Crippen molar-refractivity contribution in [3.8, 4) is 6.07 Å². The Labute approximate surface area is 102 Å². The van der Waals surface area contributed by atoms with Gasteiger partial charge in [0.1, 0.15) is 11.8 Å². The van der Waals surface area contributed by atoms with Crippen molar-refractivity contribution in [2.75, 3.05) is 0 Å². The van der Waals surface area contributed by atoms with Crippen molar-refractivity contribution in [2.24, 2.45) is 0 Å². The van der Waals surface area contributed by atoms with E-state index in [9.17, 15) is 5.26 Å². The van der Waals surface area contributed by atoms with Crippen molar-refractivity contribution in [3.63, 3.8) is 0 Å². The minimum Gasteiger partial charge on any atom is -0.346 e. The van der Waals surface area contributed by atoms with Crippen LogP contribution < -0.4 is 0 Å². The second kappa shape index (κ2) is 5.05. The molecule has 0 aliphatic heterocycles. The summed E-state index contributed by atoms with van der Waals surface area (Å²) in [5.74, 6) is 0.445. The van der Waals surface area contributed by atoms with E-state index in [1.165, 1.54) is 23.8 Å². The lowest BCUT2D eigenvalue weighted by Gasteiger charge is -2.10. The van der Waals surface area contributed by atoms with Crippen molar-refractivity contribution in [1.29, 1.82) is 5.26 Å². The molecule has 2 heteroatoms. The Balaban J connectivity index is 2.47. The molecular formula is C15H18N2. The monoisotopic (exact) mass is 226 g/mol. The second-order valence-electron chi connectivity index (χ2n) is 4.61. The van der Waals surface area contributed by atoms with Crippen molar-refractivity contribution >= 4 is 10.9 Å². The highest BCUT2D eigenvalue weighted by Gasteiger charge is 2.16. The topological polar surface area (TPSA) is 39.6 Å². The van der Waals surface area contributed by atoms with E-state index in [2.05, 4.69) is 31.0 Å². The van der Waals surface area contributed by atoms with Crippen molar-refractivity contribution in [1.82, 2.24) is 4.98 Å². The maximum absolute atomic E-state index is 9.21. The third kappa shape index (κ3) is 2.19. The smallest absolute Gasteiger partial charge is 0.122 e. The first-order valence-corrected chi connectivity index (χ1v) is 6.28. The van der Waals surface area contributed by atoms with Crippen LogP contribution in [0.25, 0.3) is 10.9 Å². The molecule has 0 spiro atoms. The molecule has 0 aliphatic rings. The molecule has 0 fully saturated rings. The van der Waals surface area contributed by atoms with Gasteiger partial charge < -0.3 is 4.98 Å². The molecular weight excluding hydrogens is 208 g/mol. The standard InChI is InChI=1S/C15H18N2/c1-3-4-7-11(2)15-12-8-5-6-9-13(12)17-14(15)10-16/h5-6,8-9,11,17H,3-4,7H2,1-2H3. The van der Waals surface area contributed by atoms with Crippen LogP contribution in [0.15, 0.2) is 24.3 Å². The molecule has 17 heavy (non-hydrogen) atoms. The SMILES string of the molecule is CCCCC(C)c1c(C#N)[nH]c2ccccc12. The maximum atomic E-state index is 9.21. The molecule has 1 N–H and O–H groups in total. The Morgan fingerprint density at radius 1 is 1.35 bits per heavy atom. The number of unbranched alkanes of at least 4 members (excludes halogenated alkanes) is 1. The second-order valence-corrected chi connectivity index (χ2v) is 4.61. The molecule has 0 radical (unpaired) electrons. The molecule has 1 atom stereocenters. The third-order valence-electron chi connectivity index (χ3n) is 3.34. The Bertz CT molecular complexity index is 546. The van der Waals surface area contributed by atoms with Gasteiger partial charge in [0.05, 0.1) is 0 Å². The number of aromatic nitrogens is 1. The van der Waals surface area contributed by atoms with E-state index in [4.69, 9.17) is 0 Å². The first-order chi connectivity index (χ1) is 8.27. The van der Waals surface area contributed by atoms with E-state index in [0.29, 0.717) is 5.92 Å². The average Bonchev–Trinajstić information content (AvgIpc) is 2.74. The minimum absolute atomic E-state index is 0.445. The van der Waals surface area contributed by atoms with Crippen LogP contribution in [0.5, 0.6) is 0 Å². The number of benzene rings is 1. The predicted molar refractivity (Wildman–Crippen MR) is 71.0 cm³/mol. The molecule has 1 aromatic carbocycles. The van der Waals surface area contributed by atoms with Gasteiger partial charge in [-0.3, -0.25) is 0 Å². The van der Waals surface area contributed by atoms with Crippen LogP contribution in [-0.4, -0.2) is 4.98 Å². The van der Waals surface area contributed by atoms with E-state index >= 15 is 0 Å². The molecule has 0 bridgehead atoms. The fourth-order valence-electron chi connectivity index (χ4n) is 2.42. The molecule has 1 unspecified atom stereocenters. The zero-order chi connectivity index (χ0) is 12.3. The van der Waals surface area contributed by atoms with Crippen molar-refractivity contribution in [3.05, 3.63) is 35.5 Å². The molecule has 0 aliphatic carbocycles. The largest absolute Gasteiger partial charge is 0.346 e. The first-order valence-electron chi connectivity index (χ1n) is 6.28. The maximum Gasteiger partial charge on any atom is 0.122 e. The molecule has 1 aromatic heterocycles. The summed E-state index contributed by atoms with van der Waals surface area (Å²) < 4.78 is 0. The summed E-state index contributed by atoms with van der Waals surface area (Å²) in [4.78, 5) is 3.21. The van der Waals surface area contributed by atoms with Crippen LogP contribution in [0.2, 0.25) is 0 Å². The van der Waals surface area contributed by atoms with E-state index in [1.54, 1.807) is 0 Å². The molecule has 2 aromatic rings. The number of nitrogens with one attached hydrogen (secondary N) is 1. The fourth-order valence-corrected chi connectivity index (χ4v) is 2.42. The number of aromatic amines is 1. The number of nitriles is 1. The number of para-hydroxylation sites is 1. The molecule has 0 amide bonds. The quantitative estimate of drug-likeness (QED) is 0.827. The highest BCUT2D eigenvalue weighted by Crippen LogP contribution is 2.31. The van der Waals surface area contributed by atoms with Crippen LogP contribution in [0, 0.1) is 11.3 Å². The Morgan fingerprint density at radius 2 is 2.12 bits per heavy atom. The van der Waals surface area contributed by atoms with Crippen LogP contribution >= 0.6 is 0 Å². The van der Waals surface area contributed by atoms with Gasteiger partial charge in [-0.2, -0.15) is 5.26 Å². The molecule has 0 saturated heterocycles. The van der Waals surface area contributed by atoms with Crippen LogP contribution in [-0.2, 0) is 0 Å². The van der Waals surface area contributed by atoms with Crippen LogP contribution in [0.3, 0.4) is 0 Å². The van der Waals surface area contributed by atoms with Gasteiger partial charge in [-0.05, 0) is 24.0 Å². The van der Waals surface area contributed by atoms with Gasteiger partial charge in [0.15, 0.2) is 0 Å². The average molecular weight is 226 g/mol. The number of H-pyrrole nitrogens is 1. The van der Waals surface area contributed by atoms with Crippen LogP contribution in [0.1, 0.15) is 50.3 Å². The van der Waals surface area contributed by atoms with E-state index < -0.39 is 0 Å². The Kier molecular flexibility index (Phi) is 3.49. The van der Waals surface area contributed by atoms with Gasteiger partial charge >= 0.3 is 0 Å². The minimum atomic E-state index is 0.445. The van der Waals surface area contributed by atoms with Gasteiger partial charge in [0, 0.05) is 10.9 Å². The normalized spacial score (nSPS) is 12.5. The summed E-state index contributed by atoms with van der Waals surface area (Å²) in [5, 5.41) is 10.4. The van der Waals surface area contributed by atoms with Crippen molar-refractivity contribution in [2.45, 2.75) is 39.0 Å². The molecule has 0 saturated carbocycles. The predicted octanol–water partition coefficient (Wildman–Crippen LogP) is 4.33. The summed E-state index contributed by atoms with van der Waals surface area (Å²) in [5.41, 5.74) is 2.99. The van der Waals surface area contributed by atoms with Gasteiger partial charge in [0.2, 0.25) is 0 Å². The third-order valence-corrected chi connectivity index (χ3v) is 3.34. The fraction of sp³-hybridized carbons (Fsp3) is 0.400. The van der Waals surface area contributed by atoms with E-state index in [-0.39, 0.29) is 0 Å². The summed E-state index contributed by atoms with van der Waals surface area (Å²) >= 11 is 0. The number of rotatable bonds is 4. The van der Waals surface area contributed by atoms with Gasteiger partial charge in [-0.15, -0.1) is 0 Å². The van der Waals surface area contributed by atoms with Crippen LogP contribution in [0.4, 0.5) is 0 Å². The van der Waals surface area contributed by atoms with E-state index in [0.717, 1.165) is 17.6 Å². The lowest BCUT2D eigenvalue weighted by atomic mass is 9.93. The number of nitrogens with zero attached hydrogens (tertiary/aromatic N) is 1. The molecule has 1 heterocycles. The Hall–Kier alpha value is -1.75. The zero-order valence-electron chi connectivity index (χ0n) is 10.5. The lowest BCUT2D eigenvalue weighted by molar-refractivity contribution is 0.626.